The number of hydrogen-bond donors (Lipinski definition) is 1. The average Bonchev–Trinajstić information content (AvgIpc) is 2.35. The van der Waals surface area contributed by atoms with E-state index in [1.807, 2.05) is 0 Å². The molecule has 0 atom stereocenters. The zero-order valence-corrected chi connectivity index (χ0v) is 11.6. The number of carbonyl (C=O) groups excluding carboxylic acids is 1. The molecule has 0 saturated heterocycles. The molecule has 0 amide bonds. The van der Waals surface area contributed by atoms with Crippen molar-refractivity contribution in [2.24, 2.45) is 5.92 Å². The number of nitrogen functional groups attached to an aromatic ring is 1. The Hall–Kier alpha value is -1.71. The third kappa shape index (κ3) is 3.39. The van der Waals surface area contributed by atoms with Crippen LogP contribution in [0.25, 0.3) is 0 Å². The third-order valence-electron chi connectivity index (χ3n) is 2.76. The molecule has 1 aromatic carbocycles. The molecule has 100 valence electrons. The highest BCUT2D eigenvalue weighted by Crippen LogP contribution is 2.25. The lowest BCUT2D eigenvalue weighted by molar-refractivity contribution is 0.0601. The number of hydrogen-bond acceptors (Lipinski definition) is 4. The van der Waals surface area contributed by atoms with Crippen molar-refractivity contribution in [2.75, 3.05) is 30.8 Å². The van der Waals surface area contributed by atoms with Gasteiger partial charge in [0.25, 0.3) is 0 Å². The fourth-order valence-corrected chi connectivity index (χ4v) is 1.90. The molecule has 0 saturated carbocycles. The van der Waals surface area contributed by atoms with Crippen LogP contribution in [-0.2, 0) is 4.74 Å². The van der Waals surface area contributed by atoms with E-state index in [9.17, 15) is 4.79 Å². The molecular weight excluding hydrogens is 228 g/mol. The van der Waals surface area contributed by atoms with E-state index in [0.717, 1.165) is 18.8 Å². The predicted octanol–water partition coefficient (Wildman–Crippen LogP) is 2.54. The Morgan fingerprint density at radius 3 is 2.61 bits per heavy atom. The molecule has 0 fully saturated rings. The van der Waals surface area contributed by atoms with Crippen LogP contribution in [0.5, 0.6) is 0 Å². The van der Waals surface area contributed by atoms with E-state index >= 15 is 0 Å². The number of nitrogens with two attached hydrogens (primary N) is 1. The van der Waals surface area contributed by atoms with Crippen LogP contribution in [-0.4, -0.2) is 26.2 Å². The molecule has 0 spiro atoms. The molecule has 1 rings (SSSR count). The number of nitrogens with zero attached hydrogens (tertiary/aromatic N) is 1. The van der Waals surface area contributed by atoms with E-state index in [1.54, 1.807) is 18.2 Å². The summed E-state index contributed by atoms with van der Waals surface area (Å²) in [6.07, 6.45) is 0. The van der Waals surface area contributed by atoms with Gasteiger partial charge in [-0.05, 0) is 31.0 Å². The third-order valence-corrected chi connectivity index (χ3v) is 2.76. The van der Waals surface area contributed by atoms with Gasteiger partial charge < -0.3 is 15.4 Å². The first-order chi connectivity index (χ1) is 8.49. The second kappa shape index (κ2) is 6.28. The lowest BCUT2D eigenvalue weighted by Crippen LogP contribution is -2.28. The molecule has 0 aliphatic carbocycles. The molecule has 0 bridgehead atoms. The maximum atomic E-state index is 11.5. The first kappa shape index (κ1) is 14.4. The first-order valence-corrected chi connectivity index (χ1v) is 6.22. The van der Waals surface area contributed by atoms with Crippen molar-refractivity contribution in [1.29, 1.82) is 0 Å². The number of methoxy groups -OCH3 is 1. The number of anilines is 2. The Morgan fingerprint density at radius 1 is 1.44 bits per heavy atom. The fourth-order valence-electron chi connectivity index (χ4n) is 1.90. The van der Waals surface area contributed by atoms with Gasteiger partial charge >= 0.3 is 5.97 Å². The maximum Gasteiger partial charge on any atom is 0.337 e. The Bertz CT molecular complexity index is 416. The van der Waals surface area contributed by atoms with E-state index < -0.39 is 0 Å². The molecule has 0 heterocycles. The smallest absolute Gasteiger partial charge is 0.337 e. The van der Waals surface area contributed by atoms with Crippen LogP contribution in [0, 0.1) is 5.92 Å². The van der Waals surface area contributed by atoms with Crippen molar-refractivity contribution in [3.8, 4) is 0 Å². The standard InChI is InChI=1S/C14H22N2O2/c1-5-16(9-10(2)3)13-8-11(14(17)18-4)6-7-12(13)15/h6-8,10H,5,9,15H2,1-4H3. The van der Waals surface area contributed by atoms with Gasteiger partial charge in [0, 0.05) is 13.1 Å². The number of benzene rings is 1. The maximum absolute atomic E-state index is 11.5. The van der Waals surface area contributed by atoms with Gasteiger partial charge in [-0.15, -0.1) is 0 Å². The van der Waals surface area contributed by atoms with Crippen LogP contribution in [0.15, 0.2) is 18.2 Å². The van der Waals surface area contributed by atoms with E-state index in [-0.39, 0.29) is 5.97 Å². The van der Waals surface area contributed by atoms with Crippen molar-refractivity contribution < 1.29 is 9.53 Å². The van der Waals surface area contributed by atoms with Crippen molar-refractivity contribution in [3.05, 3.63) is 23.8 Å². The second-order valence-electron chi connectivity index (χ2n) is 4.70. The van der Waals surface area contributed by atoms with Crippen molar-refractivity contribution >= 4 is 17.3 Å². The number of carbonyl (C=O) groups is 1. The van der Waals surface area contributed by atoms with Gasteiger partial charge in [-0.2, -0.15) is 0 Å². The van der Waals surface area contributed by atoms with Crippen molar-refractivity contribution in [3.63, 3.8) is 0 Å². The molecule has 18 heavy (non-hydrogen) atoms. The average molecular weight is 250 g/mol. The summed E-state index contributed by atoms with van der Waals surface area (Å²) in [5.41, 5.74) is 8.10. The summed E-state index contributed by atoms with van der Waals surface area (Å²) in [7, 11) is 1.38. The van der Waals surface area contributed by atoms with Crippen LogP contribution in [0.2, 0.25) is 0 Å². The summed E-state index contributed by atoms with van der Waals surface area (Å²) in [6, 6.07) is 5.24. The lowest BCUT2D eigenvalue weighted by atomic mass is 10.1. The largest absolute Gasteiger partial charge is 0.465 e. The Morgan fingerprint density at radius 2 is 2.11 bits per heavy atom. The van der Waals surface area contributed by atoms with Gasteiger partial charge in [0.05, 0.1) is 24.0 Å². The van der Waals surface area contributed by atoms with E-state index in [4.69, 9.17) is 10.5 Å². The van der Waals surface area contributed by atoms with Gasteiger partial charge in [0.2, 0.25) is 0 Å². The summed E-state index contributed by atoms with van der Waals surface area (Å²) in [6.45, 7) is 8.15. The van der Waals surface area contributed by atoms with E-state index in [0.29, 0.717) is 17.2 Å². The molecule has 0 unspecified atom stereocenters. The molecule has 4 heteroatoms. The summed E-state index contributed by atoms with van der Waals surface area (Å²) in [4.78, 5) is 13.7. The Labute approximate surface area is 109 Å². The summed E-state index contributed by atoms with van der Waals surface area (Å²) in [5.74, 6) is 0.197. The SMILES string of the molecule is CCN(CC(C)C)c1cc(C(=O)OC)ccc1N. The molecule has 0 aromatic heterocycles. The fraction of sp³-hybridized carbons (Fsp3) is 0.500. The van der Waals surface area contributed by atoms with Crippen molar-refractivity contribution in [1.82, 2.24) is 0 Å². The predicted molar refractivity (Wildman–Crippen MR) is 74.9 cm³/mol. The molecule has 0 radical (unpaired) electrons. The van der Waals surface area contributed by atoms with Crippen LogP contribution >= 0.6 is 0 Å². The van der Waals surface area contributed by atoms with Crippen molar-refractivity contribution in [2.45, 2.75) is 20.8 Å². The first-order valence-electron chi connectivity index (χ1n) is 6.22. The monoisotopic (exact) mass is 250 g/mol. The zero-order valence-electron chi connectivity index (χ0n) is 11.6. The highest BCUT2D eigenvalue weighted by atomic mass is 16.5. The van der Waals surface area contributed by atoms with Gasteiger partial charge in [0.15, 0.2) is 0 Å². The molecule has 4 nitrogen and oxygen atoms in total. The highest BCUT2D eigenvalue weighted by molar-refractivity contribution is 5.92. The van der Waals surface area contributed by atoms with Crippen LogP contribution in [0.4, 0.5) is 11.4 Å². The number of esters is 1. The van der Waals surface area contributed by atoms with Gasteiger partial charge in [0.1, 0.15) is 0 Å². The van der Waals surface area contributed by atoms with Gasteiger partial charge in [-0.1, -0.05) is 13.8 Å². The number of rotatable bonds is 5. The second-order valence-corrected chi connectivity index (χ2v) is 4.70. The molecule has 0 aliphatic rings. The van der Waals surface area contributed by atoms with Crippen LogP contribution < -0.4 is 10.6 Å². The quantitative estimate of drug-likeness (QED) is 0.644. The van der Waals surface area contributed by atoms with Crippen LogP contribution in [0.1, 0.15) is 31.1 Å². The Kier molecular flexibility index (Phi) is 5.01. The van der Waals surface area contributed by atoms with Gasteiger partial charge in [-0.25, -0.2) is 4.79 Å². The topological polar surface area (TPSA) is 55.6 Å². The summed E-state index contributed by atoms with van der Waals surface area (Å²) < 4.78 is 4.73. The molecular formula is C14H22N2O2. The van der Waals surface area contributed by atoms with E-state index in [2.05, 4.69) is 25.7 Å². The highest BCUT2D eigenvalue weighted by Gasteiger charge is 2.13. The summed E-state index contributed by atoms with van der Waals surface area (Å²) >= 11 is 0. The normalized spacial score (nSPS) is 10.5. The lowest BCUT2D eigenvalue weighted by Gasteiger charge is -2.26. The van der Waals surface area contributed by atoms with Gasteiger partial charge in [-0.3, -0.25) is 0 Å². The molecule has 1 aromatic rings. The molecule has 0 aliphatic heterocycles. The van der Waals surface area contributed by atoms with E-state index in [1.165, 1.54) is 7.11 Å². The number of ether oxygens (including phenoxy) is 1. The zero-order chi connectivity index (χ0) is 13.7. The minimum atomic E-state index is -0.336. The Balaban J connectivity index is 3.08. The summed E-state index contributed by atoms with van der Waals surface area (Å²) in [5, 5.41) is 0. The van der Waals surface area contributed by atoms with Crippen LogP contribution in [0.3, 0.4) is 0 Å². The minimum Gasteiger partial charge on any atom is -0.465 e. The minimum absolute atomic E-state index is 0.336. The molecule has 2 N–H and O–H groups in total.